The van der Waals surface area contributed by atoms with Crippen LogP contribution in [0.2, 0.25) is 0 Å². The van der Waals surface area contributed by atoms with Gasteiger partial charge in [-0.05, 0) is 38.5 Å². The van der Waals surface area contributed by atoms with E-state index in [1.165, 1.54) is 141 Å². The number of unbranched alkanes of at least 4 members (excludes halogenated alkanes) is 22. The Kier molecular flexibility index (Phi) is 29.5. The van der Waals surface area contributed by atoms with Gasteiger partial charge in [-0.2, -0.15) is 0 Å². The van der Waals surface area contributed by atoms with Gasteiger partial charge in [0.05, 0.1) is 6.61 Å². The summed E-state index contributed by atoms with van der Waals surface area (Å²) in [6, 6.07) is 0. The first-order chi connectivity index (χ1) is 16.8. The molecule has 0 aliphatic carbocycles. The molecule has 0 heterocycles. The topological polar surface area (TPSA) is 26.3 Å². The minimum Gasteiger partial charge on any atom is -0.466 e. The average molecular weight is 479 g/mol. The molecule has 2 heteroatoms. The minimum absolute atomic E-state index is 0.0145. The van der Waals surface area contributed by atoms with E-state index < -0.39 is 0 Å². The summed E-state index contributed by atoms with van der Waals surface area (Å²) in [5.74, 6) is 0.0145. The smallest absolute Gasteiger partial charge is 0.305 e. The Labute approximate surface area is 215 Å². The maximum Gasteiger partial charge on any atom is 0.305 e. The van der Waals surface area contributed by atoms with Crippen LogP contribution in [0.25, 0.3) is 0 Å². The van der Waals surface area contributed by atoms with Gasteiger partial charge in [-0.1, -0.05) is 148 Å². The summed E-state index contributed by atoms with van der Waals surface area (Å²) in [4.78, 5) is 11.8. The molecule has 0 aromatic carbocycles. The molecule has 0 radical (unpaired) electrons. The van der Waals surface area contributed by atoms with Crippen LogP contribution < -0.4 is 0 Å². The Morgan fingerprint density at radius 1 is 0.471 bits per heavy atom. The molecule has 0 aliphatic rings. The molecular formula is C32H62O2. The highest BCUT2D eigenvalue weighted by molar-refractivity contribution is 5.69. The van der Waals surface area contributed by atoms with E-state index in [1.54, 1.807) is 0 Å². The fourth-order valence-electron chi connectivity index (χ4n) is 4.54. The molecule has 0 fully saturated rings. The molecule has 0 N–H and O–H groups in total. The fourth-order valence-corrected chi connectivity index (χ4v) is 4.54. The average Bonchev–Trinajstić information content (AvgIpc) is 2.84. The van der Waals surface area contributed by atoms with Gasteiger partial charge in [0, 0.05) is 6.42 Å². The lowest BCUT2D eigenvalue weighted by molar-refractivity contribution is -0.143. The highest BCUT2D eigenvalue weighted by Gasteiger charge is 2.02. The van der Waals surface area contributed by atoms with Crippen molar-refractivity contribution >= 4 is 5.97 Å². The quantitative estimate of drug-likeness (QED) is 0.0634. The highest BCUT2D eigenvalue weighted by atomic mass is 16.5. The summed E-state index contributed by atoms with van der Waals surface area (Å²) in [6.07, 6.45) is 38.2. The summed E-state index contributed by atoms with van der Waals surface area (Å²) in [5, 5.41) is 0. The molecule has 0 aromatic heterocycles. The lowest BCUT2D eigenvalue weighted by Crippen LogP contribution is -2.05. The van der Waals surface area contributed by atoms with E-state index in [2.05, 4.69) is 26.0 Å². The van der Waals surface area contributed by atoms with E-state index in [0.29, 0.717) is 13.0 Å². The van der Waals surface area contributed by atoms with E-state index in [1.807, 2.05) is 0 Å². The first-order valence-electron chi connectivity index (χ1n) is 15.6. The zero-order valence-electron chi connectivity index (χ0n) is 23.6. The van der Waals surface area contributed by atoms with Crippen LogP contribution in [0, 0.1) is 0 Å². The van der Waals surface area contributed by atoms with E-state index in [-0.39, 0.29) is 5.97 Å². The van der Waals surface area contributed by atoms with Crippen LogP contribution in [0.4, 0.5) is 0 Å². The van der Waals surface area contributed by atoms with Crippen LogP contribution in [-0.4, -0.2) is 12.6 Å². The van der Waals surface area contributed by atoms with Crippen molar-refractivity contribution < 1.29 is 9.53 Å². The molecule has 0 rings (SSSR count). The predicted molar refractivity (Wildman–Crippen MR) is 151 cm³/mol. The van der Waals surface area contributed by atoms with Gasteiger partial charge in [0.15, 0.2) is 0 Å². The van der Waals surface area contributed by atoms with E-state index >= 15 is 0 Å². The fraction of sp³-hybridized carbons (Fsp3) is 0.906. The summed E-state index contributed by atoms with van der Waals surface area (Å²) >= 11 is 0. The van der Waals surface area contributed by atoms with Crippen molar-refractivity contribution in [3.63, 3.8) is 0 Å². The predicted octanol–water partition coefficient (Wildman–Crippen LogP) is 11.3. The molecule has 34 heavy (non-hydrogen) atoms. The van der Waals surface area contributed by atoms with Gasteiger partial charge in [-0.3, -0.25) is 4.79 Å². The first-order valence-corrected chi connectivity index (χ1v) is 15.6. The summed E-state index contributed by atoms with van der Waals surface area (Å²) in [7, 11) is 0. The number of hydrogen-bond donors (Lipinski definition) is 0. The van der Waals surface area contributed by atoms with Crippen LogP contribution in [0.5, 0.6) is 0 Å². The Morgan fingerprint density at radius 3 is 1.29 bits per heavy atom. The zero-order chi connectivity index (χ0) is 24.8. The number of carbonyl (C=O) groups is 1. The lowest BCUT2D eigenvalue weighted by Gasteiger charge is -2.05. The Morgan fingerprint density at radius 2 is 0.824 bits per heavy atom. The molecular weight excluding hydrogens is 416 g/mol. The normalized spacial score (nSPS) is 11.5. The number of carbonyl (C=O) groups excluding carboxylic acids is 1. The van der Waals surface area contributed by atoms with Crippen molar-refractivity contribution in [3.8, 4) is 0 Å². The monoisotopic (exact) mass is 478 g/mol. The molecule has 0 saturated carbocycles. The van der Waals surface area contributed by atoms with Crippen LogP contribution in [0.15, 0.2) is 12.2 Å². The molecule has 2 nitrogen and oxygen atoms in total. The van der Waals surface area contributed by atoms with E-state index in [4.69, 9.17) is 4.74 Å². The molecule has 0 amide bonds. The Balaban J connectivity index is 3.18. The third-order valence-corrected chi connectivity index (χ3v) is 6.90. The molecule has 0 unspecified atom stereocenters. The van der Waals surface area contributed by atoms with Crippen molar-refractivity contribution in [3.05, 3.63) is 12.2 Å². The number of rotatable bonds is 28. The minimum atomic E-state index is 0.0145. The molecule has 202 valence electrons. The second kappa shape index (κ2) is 30.2. The number of ether oxygens (including phenoxy) is 1. The van der Waals surface area contributed by atoms with Gasteiger partial charge in [-0.25, -0.2) is 0 Å². The standard InChI is InChI=1S/C32H62O2/c1-3-5-7-9-11-13-15-17-19-21-23-25-27-29-31-34-32(33)30-28-26-24-22-20-18-16-14-12-10-8-6-4-2/h14,16H,3-13,15,17-31H2,1-2H3. The van der Waals surface area contributed by atoms with Crippen molar-refractivity contribution in [2.45, 2.75) is 181 Å². The van der Waals surface area contributed by atoms with Gasteiger partial charge in [0.2, 0.25) is 0 Å². The molecule has 0 saturated heterocycles. The second-order valence-corrected chi connectivity index (χ2v) is 10.4. The van der Waals surface area contributed by atoms with Gasteiger partial charge in [0.25, 0.3) is 0 Å². The first kappa shape index (κ1) is 33.2. The van der Waals surface area contributed by atoms with Crippen LogP contribution in [0.1, 0.15) is 181 Å². The maximum atomic E-state index is 11.8. The molecule has 0 aliphatic heterocycles. The third kappa shape index (κ3) is 29.2. The molecule has 0 aromatic rings. The zero-order valence-corrected chi connectivity index (χ0v) is 23.6. The van der Waals surface area contributed by atoms with Gasteiger partial charge in [0.1, 0.15) is 0 Å². The lowest BCUT2D eigenvalue weighted by atomic mass is 10.0. The second-order valence-electron chi connectivity index (χ2n) is 10.4. The summed E-state index contributed by atoms with van der Waals surface area (Å²) in [6.45, 7) is 5.18. The van der Waals surface area contributed by atoms with Crippen molar-refractivity contribution in [1.82, 2.24) is 0 Å². The largest absolute Gasteiger partial charge is 0.466 e. The van der Waals surface area contributed by atoms with Crippen molar-refractivity contribution in [2.24, 2.45) is 0 Å². The molecule has 0 bridgehead atoms. The number of esters is 1. The van der Waals surface area contributed by atoms with E-state index in [9.17, 15) is 4.79 Å². The van der Waals surface area contributed by atoms with Crippen LogP contribution >= 0.6 is 0 Å². The van der Waals surface area contributed by atoms with Gasteiger partial charge in [-0.15, -0.1) is 0 Å². The van der Waals surface area contributed by atoms with Crippen LogP contribution in [0.3, 0.4) is 0 Å². The van der Waals surface area contributed by atoms with Crippen molar-refractivity contribution in [2.75, 3.05) is 6.61 Å². The molecule has 0 spiro atoms. The molecule has 0 atom stereocenters. The summed E-state index contributed by atoms with van der Waals surface area (Å²) in [5.41, 5.74) is 0. The van der Waals surface area contributed by atoms with Crippen LogP contribution in [-0.2, 0) is 9.53 Å². The highest BCUT2D eigenvalue weighted by Crippen LogP contribution is 2.13. The van der Waals surface area contributed by atoms with Gasteiger partial charge < -0.3 is 4.74 Å². The Hall–Kier alpha value is -0.790. The maximum absolute atomic E-state index is 11.8. The Bertz CT molecular complexity index is 415. The van der Waals surface area contributed by atoms with Crippen molar-refractivity contribution in [1.29, 1.82) is 0 Å². The SMILES string of the molecule is CCCCCCC=CCCCCCCCC(=O)OCCCCCCCCCCCCCCCC. The number of hydrogen-bond acceptors (Lipinski definition) is 2. The number of allylic oxidation sites excluding steroid dienone is 2. The van der Waals surface area contributed by atoms with Gasteiger partial charge >= 0.3 is 5.97 Å². The summed E-state index contributed by atoms with van der Waals surface area (Å²) < 4.78 is 5.41. The van der Waals surface area contributed by atoms with E-state index in [0.717, 1.165) is 19.3 Å². The third-order valence-electron chi connectivity index (χ3n) is 6.90.